The van der Waals surface area contributed by atoms with E-state index in [9.17, 15) is 17.6 Å². The smallest absolute Gasteiger partial charge is 0.253 e. The molecule has 1 N–H and O–H groups in total. The second kappa shape index (κ2) is 11.1. The van der Waals surface area contributed by atoms with E-state index in [-0.39, 0.29) is 41.4 Å². The van der Waals surface area contributed by atoms with E-state index in [2.05, 4.69) is 5.32 Å². The molecule has 0 bridgehead atoms. The van der Waals surface area contributed by atoms with Gasteiger partial charge in [-0.1, -0.05) is 36.4 Å². The van der Waals surface area contributed by atoms with Crippen LogP contribution >= 0.6 is 0 Å². The van der Waals surface area contributed by atoms with Gasteiger partial charge in [0.2, 0.25) is 10.0 Å². The molecule has 0 radical (unpaired) electrons. The van der Waals surface area contributed by atoms with Crippen LogP contribution in [0.3, 0.4) is 0 Å². The number of rotatable bonds is 10. The number of hydrogen-bond acceptors (Lipinski definition) is 6. The molecule has 1 amide bonds. The summed E-state index contributed by atoms with van der Waals surface area (Å²) >= 11 is 0. The molecular weight excluding hydrogens is 475 g/mol. The van der Waals surface area contributed by atoms with Gasteiger partial charge in [-0.15, -0.1) is 0 Å². The molecule has 0 atom stereocenters. The van der Waals surface area contributed by atoms with E-state index in [0.717, 1.165) is 16.1 Å². The maximum atomic E-state index is 14.4. The lowest BCUT2D eigenvalue weighted by Gasteiger charge is -2.26. The third kappa shape index (κ3) is 6.02. The van der Waals surface area contributed by atoms with Crippen LogP contribution < -0.4 is 23.8 Å². The highest BCUT2D eigenvalue weighted by atomic mass is 32.2. The van der Waals surface area contributed by atoms with E-state index in [1.165, 1.54) is 51.7 Å². The van der Waals surface area contributed by atoms with Crippen LogP contribution in [0.5, 0.6) is 17.2 Å². The summed E-state index contributed by atoms with van der Waals surface area (Å²) in [6, 6.07) is 15.8. The summed E-state index contributed by atoms with van der Waals surface area (Å²) < 4.78 is 57.0. The lowest BCUT2D eigenvalue weighted by Crippen LogP contribution is -2.33. The van der Waals surface area contributed by atoms with Gasteiger partial charge in [-0.25, -0.2) is 12.8 Å². The first-order valence-electron chi connectivity index (χ1n) is 10.6. The molecule has 0 aliphatic rings. The number of carbonyl (C=O) groups excluding carboxylic acids is 1. The SMILES string of the molecule is COc1ccccc1CNC(=O)c1cc(OC)c(OC)cc1N(Cc1ccccc1F)S(C)(=O)=O. The van der Waals surface area contributed by atoms with Gasteiger partial charge < -0.3 is 19.5 Å². The zero-order chi connectivity index (χ0) is 25.6. The average molecular weight is 503 g/mol. The van der Waals surface area contributed by atoms with Gasteiger partial charge in [0.05, 0.1) is 45.4 Å². The highest BCUT2D eigenvalue weighted by Crippen LogP contribution is 2.37. The van der Waals surface area contributed by atoms with Crippen molar-refractivity contribution in [1.82, 2.24) is 5.32 Å². The fourth-order valence-corrected chi connectivity index (χ4v) is 4.42. The molecule has 35 heavy (non-hydrogen) atoms. The molecule has 0 saturated carbocycles. The summed E-state index contributed by atoms with van der Waals surface area (Å²) in [5.74, 6) is -0.0838. The maximum absolute atomic E-state index is 14.4. The number of amides is 1. The quantitative estimate of drug-likeness (QED) is 0.454. The predicted octanol–water partition coefficient (Wildman–Crippen LogP) is 3.75. The molecule has 3 aromatic carbocycles. The Morgan fingerprint density at radius 1 is 0.886 bits per heavy atom. The number of ether oxygens (including phenoxy) is 3. The van der Waals surface area contributed by atoms with Gasteiger partial charge in [-0.2, -0.15) is 0 Å². The summed E-state index contributed by atoms with van der Waals surface area (Å²) in [5, 5.41) is 2.79. The average Bonchev–Trinajstić information content (AvgIpc) is 2.85. The van der Waals surface area contributed by atoms with E-state index in [1.807, 2.05) is 12.1 Å². The number of hydrogen-bond donors (Lipinski definition) is 1. The Morgan fingerprint density at radius 2 is 1.46 bits per heavy atom. The van der Waals surface area contributed by atoms with Crippen molar-refractivity contribution in [3.05, 3.63) is 83.2 Å². The van der Waals surface area contributed by atoms with Crippen LogP contribution in [0, 0.1) is 5.82 Å². The first kappa shape index (κ1) is 25.8. The highest BCUT2D eigenvalue weighted by Gasteiger charge is 2.27. The van der Waals surface area contributed by atoms with Crippen LogP contribution in [0.2, 0.25) is 0 Å². The standard InChI is InChI=1S/C25H27FN2O6S/c1-32-22-12-8-6-9-17(22)15-27-25(29)19-13-23(33-2)24(34-3)14-21(19)28(35(4,30)31)16-18-10-5-7-11-20(18)26/h5-14H,15-16H2,1-4H3,(H,27,29). The van der Waals surface area contributed by atoms with Crippen molar-refractivity contribution < 1.29 is 31.8 Å². The molecule has 0 heterocycles. The maximum Gasteiger partial charge on any atom is 0.253 e. The first-order valence-corrected chi connectivity index (χ1v) is 12.4. The van der Waals surface area contributed by atoms with E-state index >= 15 is 0 Å². The number of sulfonamides is 1. The molecule has 0 unspecified atom stereocenters. The normalized spacial score (nSPS) is 11.0. The van der Waals surface area contributed by atoms with Crippen molar-refractivity contribution in [2.24, 2.45) is 0 Å². The van der Waals surface area contributed by atoms with E-state index in [0.29, 0.717) is 5.75 Å². The molecule has 0 saturated heterocycles. The summed E-state index contributed by atoms with van der Waals surface area (Å²) in [4.78, 5) is 13.3. The van der Waals surface area contributed by atoms with Gasteiger partial charge in [0.1, 0.15) is 11.6 Å². The van der Waals surface area contributed by atoms with E-state index in [4.69, 9.17) is 14.2 Å². The Labute approximate surface area is 204 Å². The van der Waals surface area contributed by atoms with Crippen LogP contribution in [-0.4, -0.2) is 41.9 Å². The zero-order valence-electron chi connectivity index (χ0n) is 19.9. The number of halogens is 1. The Bertz CT molecular complexity index is 1310. The van der Waals surface area contributed by atoms with Crippen molar-refractivity contribution >= 4 is 21.6 Å². The van der Waals surface area contributed by atoms with E-state index in [1.54, 1.807) is 18.2 Å². The summed E-state index contributed by atoms with van der Waals surface area (Å²) in [6.45, 7) is -0.198. The van der Waals surface area contributed by atoms with Gasteiger partial charge >= 0.3 is 0 Å². The summed E-state index contributed by atoms with van der Waals surface area (Å²) in [6.07, 6.45) is 0.987. The lowest BCUT2D eigenvalue weighted by molar-refractivity contribution is 0.0951. The largest absolute Gasteiger partial charge is 0.496 e. The minimum atomic E-state index is -3.94. The minimum absolute atomic E-state index is 0.0133. The summed E-state index contributed by atoms with van der Waals surface area (Å²) in [5.41, 5.74) is 0.912. The lowest BCUT2D eigenvalue weighted by atomic mass is 10.1. The fourth-order valence-electron chi connectivity index (χ4n) is 3.54. The topological polar surface area (TPSA) is 94.2 Å². The van der Waals surface area contributed by atoms with Gasteiger partial charge in [0, 0.05) is 23.7 Å². The third-order valence-electron chi connectivity index (χ3n) is 5.32. The van der Waals surface area contributed by atoms with Crippen LogP contribution in [-0.2, 0) is 23.1 Å². The fraction of sp³-hybridized carbons (Fsp3) is 0.240. The molecule has 8 nitrogen and oxygen atoms in total. The monoisotopic (exact) mass is 502 g/mol. The summed E-state index contributed by atoms with van der Waals surface area (Å²) in [7, 11) is 0.385. The van der Waals surface area contributed by atoms with Crippen molar-refractivity contribution in [1.29, 1.82) is 0 Å². The second-order valence-electron chi connectivity index (χ2n) is 7.58. The predicted molar refractivity (Wildman–Crippen MR) is 131 cm³/mol. The van der Waals surface area contributed by atoms with Crippen LogP contribution in [0.1, 0.15) is 21.5 Å². The highest BCUT2D eigenvalue weighted by molar-refractivity contribution is 7.92. The number of benzene rings is 3. The van der Waals surface area contributed by atoms with Gasteiger partial charge in [-0.3, -0.25) is 9.10 Å². The molecule has 3 rings (SSSR count). The number of nitrogens with zero attached hydrogens (tertiary/aromatic N) is 1. The third-order valence-corrected chi connectivity index (χ3v) is 6.45. The van der Waals surface area contributed by atoms with Crippen LogP contribution in [0.15, 0.2) is 60.7 Å². The van der Waals surface area contributed by atoms with Crippen molar-refractivity contribution in [3.8, 4) is 17.2 Å². The Morgan fingerprint density at radius 3 is 2.06 bits per heavy atom. The van der Waals surface area contributed by atoms with E-state index < -0.39 is 21.7 Å². The molecule has 0 aliphatic carbocycles. The zero-order valence-corrected chi connectivity index (χ0v) is 20.7. The molecule has 10 heteroatoms. The van der Waals surface area contributed by atoms with Crippen LogP contribution in [0.4, 0.5) is 10.1 Å². The molecular formula is C25H27FN2O6S. The number of anilines is 1. The van der Waals surface area contributed by atoms with Crippen molar-refractivity contribution in [2.75, 3.05) is 31.9 Å². The minimum Gasteiger partial charge on any atom is -0.496 e. The Balaban J connectivity index is 2.07. The van der Waals surface area contributed by atoms with Crippen LogP contribution in [0.25, 0.3) is 0 Å². The molecule has 0 aliphatic heterocycles. The Hall–Kier alpha value is -3.79. The molecule has 0 fully saturated rings. The van der Waals surface area contributed by atoms with Gasteiger partial charge in [-0.05, 0) is 18.2 Å². The molecule has 186 valence electrons. The Kier molecular flexibility index (Phi) is 8.18. The number of nitrogens with one attached hydrogen (secondary N) is 1. The number of methoxy groups -OCH3 is 3. The molecule has 0 aromatic heterocycles. The van der Waals surface area contributed by atoms with Gasteiger partial charge in [0.25, 0.3) is 5.91 Å². The molecule has 0 spiro atoms. The number of para-hydroxylation sites is 1. The first-order chi connectivity index (χ1) is 16.7. The molecule has 3 aromatic rings. The van der Waals surface area contributed by atoms with Crippen molar-refractivity contribution in [3.63, 3.8) is 0 Å². The number of carbonyl (C=O) groups is 1. The second-order valence-corrected chi connectivity index (χ2v) is 9.49. The van der Waals surface area contributed by atoms with Crippen molar-refractivity contribution in [2.45, 2.75) is 13.1 Å². The van der Waals surface area contributed by atoms with Gasteiger partial charge in [0.15, 0.2) is 11.5 Å².